The summed E-state index contributed by atoms with van der Waals surface area (Å²) in [4.78, 5) is 16.8. The molecule has 136 valence electrons. The van der Waals surface area contributed by atoms with Gasteiger partial charge in [-0.1, -0.05) is 26.7 Å². The molecule has 0 saturated heterocycles. The van der Waals surface area contributed by atoms with Crippen LogP contribution in [0.15, 0.2) is 23.7 Å². The maximum absolute atomic E-state index is 8.40. The molecule has 4 radical (unpaired) electrons. The summed E-state index contributed by atoms with van der Waals surface area (Å²) in [5.41, 5.74) is 0. The normalized spacial score (nSPS) is 9.57. The fourth-order valence-electron chi connectivity index (χ4n) is 0.605. The minimum Gasteiger partial charge on any atom is -0.512 e. The van der Waals surface area contributed by atoms with Gasteiger partial charge in [0.25, 0.3) is 0 Å². The molecule has 0 aromatic carbocycles. The molecule has 0 aromatic heterocycles. The van der Waals surface area contributed by atoms with Crippen LogP contribution >= 0.6 is 0 Å². The van der Waals surface area contributed by atoms with Crippen LogP contribution in [0.2, 0.25) is 0 Å². The number of hydrogen-bond donors (Lipinski definition) is 2. The summed E-state index contributed by atoms with van der Waals surface area (Å²) in [5, 5.41) is 16.8. The summed E-state index contributed by atoms with van der Waals surface area (Å²) < 4.78 is 0. The standard InChI is InChI=1S/2C5H8O2.2C4H9.Sn/c2*1-4(6)3-5(2)7;2*1-3-4-2;/h2*3,6H,1-2H3;2*1,3-4H2,2H3;/q;;2*-1;/p+2/b2*4-3-;;;. The van der Waals surface area contributed by atoms with Crippen molar-refractivity contribution in [2.75, 3.05) is 0 Å². The number of carbonyl (C=O) groups excluding carboxylic acids is 2. The van der Waals surface area contributed by atoms with Crippen molar-refractivity contribution >= 4 is 35.5 Å². The molecule has 0 amide bonds. The van der Waals surface area contributed by atoms with Gasteiger partial charge in [0.15, 0.2) is 0 Å². The molecule has 0 aromatic rings. The van der Waals surface area contributed by atoms with Crippen molar-refractivity contribution in [3.8, 4) is 0 Å². The Bertz CT molecular complexity index is 277. The molecule has 0 aliphatic carbocycles. The van der Waals surface area contributed by atoms with E-state index < -0.39 is 0 Å². The van der Waals surface area contributed by atoms with Gasteiger partial charge in [-0.25, -0.2) is 0 Å². The minimum absolute atomic E-state index is 0. The van der Waals surface area contributed by atoms with Crippen LogP contribution in [0.5, 0.6) is 0 Å². The molecule has 0 rings (SSSR count). The van der Waals surface area contributed by atoms with Crippen molar-refractivity contribution in [3.05, 3.63) is 37.5 Å². The van der Waals surface area contributed by atoms with Gasteiger partial charge in [-0.2, -0.15) is 12.8 Å². The second-order valence-electron chi connectivity index (χ2n) is 4.56. The molecular weight excluding hydrogens is 399 g/mol. The van der Waals surface area contributed by atoms with E-state index in [1.807, 2.05) is 0 Å². The zero-order valence-electron chi connectivity index (χ0n) is 15.7. The van der Waals surface area contributed by atoms with E-state index in [-0.39, 0.29) is 47.0 Å². The Morgan fingerprint density at radius 1 is 0.783 bits per heavy atom. The Balaban J connectivity index is -0.0000000639. The number of allylic oxidation sites excluding steroid dienone is 4. The predicted molar refractivity (Wildman–Crippen MR) is 104 cm³/mol. The number of aliphatic hydroxyl groups is 2. The molecular formula is C18H36O4Sn. The van der Waals surface area contributed by atoms with Gasteiger partial charge in [0, 0.05) is 23.9 Å². The minimum atomic E-state index is 0. The number of rotatable bonds is 4. The average Bonchev–Trinajstić information content (AvgIpc) is 2.36. The summed E-state index contributed by atoms with van der Waals surface area (Å²) >= 11 is 0. The molecule has 0 aliphatic rings. The largest absolute Gasteiger partial charge is 0.512 e. The van der Waals surface area contributed by atoms with Gasteiger partial charge in [0.1, 0.15) is 0 Å². The SMILES string of the molecule is CC(=[OH+])/C=C(/C)O.CC(=[OH+])/C=C(/C)O.[CH2-]CCC.[CH2-]CCC.[Sn]. The van der Waals surface area contributed by atoms with Crippen LogP contribution in [0.1, 0.15) is 67.2 Å². The van der Waals surface area contributed by atoms with Crippen LogP contribution in [0.3, 0.4) is 0 Å². The van der Waals surface area contributed by atoms with E-state index in [0.717, 1.165) is 12.8 Å². The summed E-state index contributed by atoms with van der Waals surface area (Å²) in [6.07, 6.45) is 7.11. The Hall–Kier alpha value is -0.781. The van der Waals surface area contributed by atoms with Gasteiger partial charge in [-0.15, -0.1) is 0 Å². The van der Waals surface area contributed by atoms with Crippen LogP contribution in [0.4, 0.5) is 0 Å². The van der Waals surface area contributed by atoms with Crippen molar-refractivity contribution in [3.63, 3.8) is 0 Å². The van der Waals surface area contributed by atoms with Gasteiger partial charge in [-0.3, -0.25) is 9.59 Å². The topological polar surface area (TPSA) is 83.3 Å². The van der Waals surface area contributed by atoms with Crippen molar-refractivity contribution in [1.82, 2.24) is 0 Å². The van der Waals surface area contributed by atoms with Crippen molar-refractivity contribution < 1.29 is 19.8 Å². The van der Waals surface area contributed by atoms with E-state index in [4.69, 9.17) is 19.8 Å². The first-order valence-corrected chi connectivity index (χ1v) is 7.46. The first-order chi connectivity index (χ1) is 10.1. The zero-order valence-corrected chi connectivity index (χ0v) is 18.5. The molecule has 0 bridgehead atoms. The number of unbranched alkanes of at least 4 members (excludes halogenated alkanes) is 2. The smallest absolute Gasteiger partial charge is 0.316 e. The Morgan fingerprint density at radius 2 is 0.957 bits per heavy atom. The van der Waals surface area contributed by atoms with Crippen molar-refractivity contribution in [1.29, 1.82) is 0 Å². The van der Waals surface area contributed by atoms with E-state index in [9.17, 15) is 0 Å². The van der Waals surface area contributed by atoms with E-state index in [1.165, 1.54) is 52.7 Å². The second kappa shape index (κ2) is 29.3. The third-order valence-corrected chi connectivity index (χ3v) is 1.54. The summed E-state index contributed by atoms with van der Waals surface area (Å²) in [5.74, 6) is 0.500. The molecule has 0 spiro atoms. The molecule has 0 fully saturated rings. The van der Waals surface area contributed by atoms with Crippen LogP contribution < -0.4 is 0 Å². The van der Waals surface area contributed by atoms with Crippen molar-refractivity contribution in [2.24, 2.45) is 0 Å². The number of hydrogen-bond acceptors (Lipinski definition) is 2. The first kappa shape index (κ1) is 33.7. The van der Waals surface area contributed by atoms with Crippen LogP contribution in [0, 0.1) is 13.8 Å². The molecule has 5 heteroatoms. The fraction of sp³-hybridized carbons (Fsp3) is 0.556. The predicted octanol–water partition coefficient (Wildman–Crippen LogP) is 4.89. The van der Waals surface area contributed by atoms with Crippen LogP contribution in [-0.2, 0) is 0 Å². The van der Waals surface area contributed by atoms with Crippen LogP contribution in [-0.4, -0.2) is 55.3 Å². The Kier molecular flexibility index (Phi) is 42.9. The third-order valence-electron chi connectivity index (χ3n) is 1.54. The Morgan fingerprint density at radius 3 is 0.957 bits per heavy atom. The Labute approximate surface area is 160 Å². The molecule has 0 saturated carbocycles. The summed E-state index contributed by atoms with van der Waals surface area (Å²) in [6, 6.07) is 0. The maximum atomic E-state index is 8.40. The molecule has 0 heterocycles. The van der Waals surface area contributed by atoms with Gasteiger partial charge in [0.2, 0.25) is 0 Å². The molecule has 0 atom stereocenters. The monoisotopic (exact) mass is 436 g/mol. The summed E-state index contributed by atoms with van der Waals surface area (Å²) in [7, 11) is 0. The van der Waals surface area contributed by atoms with Gasteiger partial charge in [0.05, 0.1) is 37.5 Å². The van der Waals surface area contributed by atoms with E-state index in [2.05, 4.69) is 27.7 Å². The maximum Gasteiger partial charge on any atom is 0.316 e. The molecule has 4 nitrogen and oxygen atoms in total. The van der Waals surface area contributed by atoms with Crippen LogP contribution in [0.25, 0.3) is 0 Å². The zero-order chi connectivity index (χ0) is 18.6. The average molecular weight is 435 g/mol. The second-order valence-corrected chi connectivity index (χ2v) is 4.56. The molecule has 23 heavy (non-hydrogen) atoms. The molecule has 4 N–H and O–H groups in total. The third kappa shape index (κ3) is 92.2. The van der Waals surface area contributed by atoms with Gasteiger partial charge in [-0.05, 0) is 13.8 Å². The van der Waals surface area contributed by atoms with Gasteiger partial charge < -0.3 is 24.1 Å². The van der Waals surface area contributed by atoms with E-state index in [1.54, 1.807) is 0 Å². The summed E-state index contributed by atoms with van der Waals surface area (Å²) in [6.45, 7) is 17.4. The van der Waals surface area contributed by atoms with Gasteiger partial charge >= 0.3 is 11.6 Å². The number of ketones is 2. The van der Waals surface area contributed by atoms with E-state index >= 15 is 0 Å². The number of aliphatic hydroxyl groups excluding tert-OH is 2. The van der Waals surface area contributed by atoms with Crippen molar-refractivity contribution in [2.45, 2.75) is 67.2 Å². The van der Waals surface area contributed by atoms with E-state index in [0.29, 0.717) is 0 Å². The molecule has 0 unspecified atom stereocenters. The fourth-order valence-corrected chi connectivity index (χ4v) is 0.605. The quantitative estimate of drug-likeness (QED) is 0.217. The molecule has 0 aliphatic heterocycles. The first-order valence-electron chi connectivity index (χ1n) is 7.46.